The zero-order chi connectivity index (χ0) is 17.8. The van der Waals surface area contributed by atoms with Crippen LogP contribution in [-0.2, 0) is 16.7 Å². The van der Waals surface area contributed by atoms with Crippen molar-refractivity contribution in [1.29, 1.82) is 0 Å². The number of piperidine rings is 1. The molecule has 0 amide bonds. The molecule has 2 fully saturated rings. The maximum Gasteiger partial charge on any atom is 0.0589 e. The Bertz CT molecular complexity index is 577. The molecule has 3 heterocycles. The topological polar surface area (TPSA) is 19.0 Å². The van der Waals surface area contributed by atoms with E-state index in [0.29, 0.717) is 5.41 Å². The molecule has 0 saturated carbocycles. The third kappa shape index (κ3) is 3.99. The molecule has 144 valence electrons. The van der Waals surface area contributed by atoms with Crippen LogP contribution < -0.4 is 0 Å². The summed E-state index contributed by atoms with van der Waals surface area (Å²) in [6.45, 7) is 11.8. The van der Waals surface area contributed by atoms with Crippen molar-refractivity contribution >= 4 is 0 Å². The zero-order valence-electron chi connectivity index (χ0n) is 16.5. The van der Waals surface area contributed by atoms with Gasteiger partial charge in [0.1, 0.15) is 0 Å². The molecule has 0 radical (unpaired) electrons. The first kappa shape index (κ1) is 18.4. The molecular weight excluding hydrogens is 322 g/mol. The van der Waals surface area contributed by atoms with Crippen LogP contribution in [0.5, 0.6) is 0 Å². The Hall–Kier alpha value is -0.940. The molecule has 1 aromatic carbocycles. The van der Waals surface area contributed by atoms with Crippen molar-refractivity contribution in [2.45, 2.75) is 37.6 Å². The van der Waals surface area contributed by atoms with Crippen LogP contribution in [0.4, 0.5) is 0 Å². The second-order valence-corrected chi connectivity index (χ2v) is 8.53. The van der Waals surface area contributed by atoms with Crippen LogP contribution in [0.25, 0.3) is 0 Å². The Morgan fingerprint density at radius 3 is 2.31 bits per heavy atom. The summed E-state index contributed by atoms with van der Waals surface area (Å²) in [6, 6.07) is 9.20. The van der Waals surface area contributed by atoms with Crippen molar-refractivity contribution in [3.05, 3.63) is 35.4 Å². The van der Waals surface area contributed by atoms with Gasteiger partial charge in [0.25, 0.3) is 0 Å². The van der Waals surface area contributed by atoms with E-state index in [2.05, 4.69) is 39.0 Å². The second-order valence-electron chi connectivity index (χ2n) is 8.53. The molecule has 1 aromatic rings. The molecule has 3 aliphatic rings. The highest BCUT2D eigenvalue weighted by molar-refractivity contribution is 5.37. The Balaban J connectivity index is 1.40. The van der Waals surface area contributed by atoms with Gasteiger partial charge in [-0.2, -0.15) is 0 Å². The van der Waals surface area contributed by atoms with E-state index in [1.165, 1.54) is 71.5 Å². The van der Waals surface area contributed by atoms with Crippen LogP contribution in [0.3, 0.4) is 0 Å². The highest BCUT2D eigenvalue weighted by Crippen LogP contribution is 2.41. The SMILES string of the molecule is COCCN1Cc2ccccc2C2(CCN(CCN3CCCC3)CC2)C1. The molecule has 4 heteroatoms. The average molecular weight is 358 g/mol. The third-order valence-electron chi connectivity index (χ3n) is 6.86. The van der Waals surface area contributed by atoms with Gasteiger partial charge < -0.3 is 14.5 Å². The van der Waals surface area contributed by atoms with E-state index in [0.717, 1.165) is 19.7 Å². The fourth-order valence-corrected chi connectivity index (χ4v) is 5.29. The molecule has 0 aromatic heterocycles. The lowest BCUT2D eigenvalue weighted by molar-refractivity contribution is 0.0748. The third-order valence-corrected chi connectivity index (χ3v) is 6.86. The lowest BCUT2D eigenvalue weighted by atomic mass is 9.69. The van der Waals surface area contributed by atoms with Crippen molar-refractivity contribution in [1.82, 2.24) is 14.7 Å². The fraction of sp³-hybridized carbons (Fsp3) is 0.727. The predicted octanol–water partition coefficient (Wildman–Crippen LogP) is 2.58. The molecule has 0 aliphatic carbocycles. The summed E-state index contributed by atoms with van der Waals surface area (Å²) in [5.41, 5.74) is 3.53. The van der Waals surface area contributed by atoms with Gasteiger partial charge >= 0.3 is 0 Å². The molecule has 0 unspecified atom stereocenters. The number of methoxy groups -OCH3 is 1. The van der Waals surface area contributed by atoms with Crippen molar-refractivity contribution in [3.63, 3.8) is 0 Å². The quantitative estimate of drug-likeness (QED) is 0.779. The average Bonchev–Trinajstić information content (AvgIpc) is 3.20. The minimum atomic E-state index is 0.354. The van der Waals surface area contributed by atoms with Crippen LogP contribution in [0, 0.1) is 0 Å². The highest BCUT2D eigenvalue weighted by atomic mass is 16.5. The van der Waals surface area contributed by atoms with Crippen LogP contribution in [0.1, 0.15) is 36.8 Å². The molecule has 2 saturated heterocycles. The molecule has 0 atom stereocenters. The summed E-state index contributed by atoms with van der Waals surface area (Å²) < 4.78 is 5.35. The number of likely N-dealkylation sites (tertiary alicyclic amines) is 2. The van der Waals surface area contributed by atoms with Gasteiger partial charge in [-0.05, 0) is 63.0 Å². The lowest BCUT2D eigenvalue weighted by Crippen LogP contribution is -2.53. The van der Waals surface area contributed by atoms with Crippen LogP contribution in [0.15, 0.2) is 24.3 Å². The summed E-state index contributed by atoms with van der Waals surface area (Å²) in [5.74, 6) is 0. The van der Waals surface area contributed by atoms with Gasteiger partial charge in [0.2, 0.25) is 0 Å². The highest BCUT2D eigenvalue weighted by Gasteiger charge is 2.41. The van der Waals surface area contributed by atoms with E-state index in [4.69, 9.17) is 4.74 Å². The number of rotatable bonds is 6. The monoisotopic (exact) mass is 357 g/mol. The predicted molar refractivity (Wildman–Crippen MR) is 107 cm³/mol. The van der Waals surface area contributed by atoms with Gasteiger partial charge in [0.15, 0.2) is 0 Å². The van der Waals surface area contributed by atoms with E-state index >= 15 is 0 Å². The molecule has 3 aliphatic heterocycles. The molecule has 4 rings (SSSR count). The van der Waals surface area contributed by atoms with E-state index in [1.54, 1.807) is 11.1 Å². The molecule has 0 bridgehead atoms. The summed E-state index contributed by atoms with van der Waals surface area (Å²) >= 11 is 0. The van der Waals surface area contributed by atoms with Crippen LogP contribution in [-0.4, -0.2) is 80.8 Å². The first-order valence-corrected chi connectivity index (χ1v) is 10.5. The van der Waals surface area contributed by atoms with Gasteiger partial charge in [0.05, 0.1) is 6.61 Å². The van der Waals surface area contributed by atoms with Crippen molar-refractivity contribution < 1.29 is 4.74 Å². The number of nitrogens with zero attached hydrogens (tertiary/aromatic N) is 3. The Morgan fingerprint density at radius 1 is 0.885 bits per heavy atom. The van der Waals surface area contributed by atoms with Crippen LogP contribution >= 0.6 is 0 Å². The molecule has 26 heavy (non-hydrogen) atoms. The summed E-state index contributed by atoms with van der Waals surface area (Å²) in [5, 5.41) is 0. The maximum atomic E-state index is 5.35. The van der Waals surface area contributed by atoms with Gasteiger partial charge in [-0.1, -0.05) is 24.3 Å². The second kappa shape index (κ2) is 8.39. The molecule has 0 N–H and O–H groups in total. The van der Waals surface area contributed by atoms with Crippen molar-refractivity contribution in [2.24, 2.45) is 0 Å². The summed E-state index contributed by atoms with van der Waals surface area (Å²) in [7, 11) is 1.81. The number of ether oxygens (including phenoxy) is 1. The Kier molecular flexibility index (Phi) is 5.94. The standard InChI is InChI=1S/C22H35N3O/c1-26-17-16-25-18-20-6-2-3-7-21(20)22(19-25)8-12-24(13-9-22)15-14-23-10-4-5-11-23/h2-3,6-7H,4-5,8-19H2,1H3. The first-order valence-electron chi connectivity index (χ1n) is 10.5. The number of fused-ring (bicyclic) bond motifs is 2. The minimum Gasteiger partial charge on any atom is -0.383 e. The van der Waals surface area contributed by atoms with Crippen LogP contribution in [0.2, 0.25) is 0 Å². The van der Waals surface area contributed by atoms with Gasteiger partial charge in [-0.25, -0.2) is 0 Å². The van der Waals surface area contributed by atoms with Crippen molar-refractivity contribution in [2.75, 3.05) is 66.1 Å². The minimum absolute atomic E-state index is 0.354. The van der Waals surface area contributed by atoms with E-state index in [1.807, 2.05) is 7.11 Å². The molecule has 4 nitrogen and oxygen atoms in total. The molecule has 1 spiro atoms. The summed E-state index contributed by atoms with van der Waals surface area (Å²) in [6.07, 6.45) is 5.40. The van der Waals surface area contributed by atoms with Crippen molar-refractivity contribution in [3.8, 4) is 0 Å². The maximum absolute atomic E-state index is 5.35. The first-order chi connectivity index (χ1) is 12.8. The van der Waals surface area contributed by atoms with E-state index < -0.39 is 0 Å². The number of hydrogen-bond acceptors (Lipinski definition) is 4. The zero-order valence-corrected chi connectivity index (χ0v) is 16.5. The Labute approximate surface area is 159 Å². The summed E-state index contributed by atoms with van der Waals surface area (Å²) in [4.78, 5) is 7.97. The van der Waals surface area contributed by atoms with Gasteiger partial charge in [0, 0.05) is 45.2 Å². The van der Waals surface area contributed by atoms with E-state index in [-0.39, 0.29) is 0 Å². The lowest BCUT2D eigenvalue weighted by Gasteiger charge is -2.49. The Morgan fingerprint density at radius 2 is 1.58 bits per heavy atom. The van der Waals surface area contributed by atoms with Gasteiger partial charge in [-0.3, -0.25) is 4.90 Å². The number of benzene rings is 1. The largest absolute Gasteiger partial charge is 0.383 e. The normalized spacial score (nSPS) is 24.2. The fourth-order valence-electron chi connectivity index (χ4n) is 5.29. The van der Waals surface area contributed by atoms with Gasteiger partial charge in [-0.15, -0.1) is 0 Å². The molecular formula is C22H35N3O. The number of hydrogen-bond donors (Lipinski definition) is 0. The smallest absolute Gasteiger partial charge is 0.0589 e. The van der Waals surface area contributed by atoms with E-state index in [9.17, 15) is 0 Å².